The zero-order valence-corrected chi connectivity index (χ0v) is 13.9. The molecule has 6 nitrogen and oxygen atoms in total. The molecule has 0 aliphatic rings. The van der Waals surface area contributed by atoms with Crippen LogP contribution in [0.4, 0.5) is 10.3 Å². The first-order valence-corrected chi connectivity index (χ1v) is 7.81. The van der Waals surface area contributed by atoms with Gasteiger partial charge in [0.05, 0.1) is 5.69 Å². The van der Waals surface area contributed by atoms with Crippen LogP contribution in [0.15, 0.2) is 42.6 Å². The number of aryl methyl sites for hydroxylation is 1. The van der Waals surface area contributed by atoms with E-state index in [-0.39, 0.29) is 11.8 Å². The molecule has 0 fully saturated rings. The van der Waals surface area contributed by atoms with E-state index in [1.54, 1.807) is 48.0 Å². The zero-order valence-electron chi connectivity index (χ0n) is 13.1. The molecule has 8 heteroatoms. The van der Waals surface area contributed by atoms with Crippen molar-refractivity contribution in [1.82, 2.24) is 24.6 Å². The Labute approximate surface area is 147 Å². The van der Waals surface area contributed by atoms with Crippen molar-refractivity contribution in [3.63, 3.8) is 0 Å². The van der Waals surface area contributed by atoms with Crippen LogP contribution in [0.5, 0.6) is 0 Å². The first kappa shape index (κ1) is 15.5. The van der Waals surface area contributed by atoms with Crippen LogP contribution in [-0.2, 0) is 0 Å². The van der Waals surface area contributed by atoms with Crippen molar-refractivity contribution in [3.8, 4) is 22.6 Å². The van der Waals surface area contributed by atoms with E-state index in [4.69, 9.17) is 17.3 Å². The molecule has 0 saturated carbocycles. The second-order valence-corrected chi connectivity index (χ2v) is 5.89. The van der Waals surface area contributed by atoms with Crippen LogP contribution in [0.3, 0.4) is 0 Å². The van der Waals surface area contributed by atoms with Gasteiger partial charge in [-0.15, -0.1) is 0 Å². The van der Waals surface area contributed by atoms with E-state index < -0.39 is 0 Å². The van der Waals surface area contributed by atoms with Gasteiger partial charge in [-0.25, -0.2) is 23.9 Å². The maximum atomic E-state index is 13.7. The zero-order chi connectivity index (χ0) is 17.6. The maximum absolute atomic E-state index is 13.7. The SMILES string of the molecule is Cc1cc(-c2nc3ccc(Cl)nn3c2-c2ccnc(N)n2)ccc1F. The molecule has 0 radical (unpaired) electrons. The number of hydrogen-bond acceptors (Lipinski definition) is 5. The van der Waals surface area contributed by atoms with Crippen molar-refractivity contribution in [3.05, 3.63) is 59.1 Å². The predicted octanol–water partition coefficient (Wildman–Crippen LogP) is 3.54. The summed E-state index contributed by atoms with van der Waals surface area (Å²) in [5.41, 5.74) is 9.34. The Balaban J connectivity index is 2.06. The van der Waals surface area contributed by atoms with Crippen LogP contribution in [0.2, 0.25) is 5.15 Å². The number of rotatable bonds is 2. The number of aromatic nitrogens is 5. The molecule has 0 unspecified atom stereocenters. The molecule has 2 N–H and O–H groups in total. The summed E-state index contributed by atoms with van der Waals surface area (Å²) in [4.78, 5) is 12.8. The van der Waals surface area contributed by atoms with Crippen molar-refractivity contribution < 1.29 is 4.39 Å². The van der Waals surface area contributed by atoms with Crippen molar-refractivity contribution in [2.45, 2.75) is 6.92 Å². The first-order valence-electron chi connectivity index (χ1n) is 7.43. The Morgan fingerprint density at radius 2 is 1.96 bits per heavy atom. The number of imidazole rings is 1. The summed E-state index contributed by atoms with van der Waals surface area (Å²) in [7, 11) is 0. The number of hydrogen-bond donors (Lipinski definition) is 1. The monoisotopic (exact) mass is 354 g/mol. The summed E-state index contributed by atoms with van der Waals surface area (Å²) in [5.74, 6) is -0.141. The van der Waals surface area contributed by atoms with Crippen LogP contribution >= 0.6 is 11.6 Å². The number of nitrogen functional groups attached to an aromatic ring is 1. The minimum Gasteiger partial charge on any atom is -0.368 e. The molecule has 0 saturated heterocycles. The number of benzene rings is 1. The molecule has 4 rings (SSSR count). The second kappa shape index (κ2) is 5.78. The Morgan fingerprint density at radius 1 is 1.12 bits per heavy atom. The molecular formula is C17H12ClFN6. The normalized spacial score (nSPS) is 11.2. The van der Waals surface area contributed by atoms with Gasteiger partial charge < -0.3 is 5.73 Å². The average molecular weight is 355 g/mol. The van der Waals surface area contributed by atoms with E-state index >= 15 is 0 Å². The quantitative estimate of drug-likeness (QED) is 0.595. The van der Waals surface area contributed by atoms with Gasteiger partial charge in [0.2, 0.25) is 5.95 Å². The fourth-order valence-corrected chi connectivity index (χ4v) is 2.78. The molecule has 0 bridgehead atoms. The molecule has 124 valence electrons. The number of anilines is 1. The summed E-state index contributed by atoms with van der Waals surface area (Å²) in [6.45, 7) is 1.70. The van der Waals surface area contributed by atoms with Crippen LogP contribution in [0.25, 0.3) is 28.3 Å². The minimum atomic E-state index is -0.276. The third-order valence-corrected chi connectivity index (χ3v) is 3.99. The van der Waals surface area contributed by atoms with Gasteiger partial charge in [0.1, 0.15) is 22.4 Å². The Kier molecular flexibility index (Phi) is 3.58. The van der Waals surface area contributed by atoms with Gasteiger partial charge >= 0.3 is 0 Å². The van der Waals surface area contributed by atoms with E-state index in [1.165, 1.54) is 6.07 Å². The molecular weight excluding hydrogens is 343 g/mol. The van der Waals surface area contributed by atoms with E-state index in [0.29, 0.717) is 33.4 Å². The number of nitrogens with two attached hydrogens (primary N) is 1. The fraction of sp³-hybridized carbons (Fsp3) is 0.0588. The van der Waals surface area contributed by atoms with Gasteiger partial charge in [-0.2, -0.15) is 5.10 Å². The lowest BCUT2D eigenvalue weighted by molar-refractivity contribution is 0.619. The fourth-order valence-electron chi connectivity index (χ4n) is 2.64. The van der Waals surface area contributed by atoms with E-state index in [9.17, 15) is 4.39 Å². The summed E-state index contributed by atoms with van der Waals surface area (Å²) in [6.07, 6.45) is 1.56. The van der Waals surface area contributed by atoms with Crippen molar-refractivity contribution in [2.24, 2.45) is 0 Å². The number of nitrogens with zero attached hydrogens (tertiary/aromatic N) is 5. The van der Waals surface area contributed by atoms with Gasteiger partial charge in [-0.05, 0) is 48.9 Å². The lowest BCUT2D eigenvalue weighted by Gasteiger charge is -2.06. The Hall–Kier alpha value is -3.06. The molecule has 3 aromatic heterocycles. The van der Waals surface area contributed by atoms with Crippen LogP contribution in [0, 0.1) is 12.7 Å². The Bertz CT molecular complexity index is 1110. The summed E-state index contributed by atoms with van der Waals surface area (Å²) >= 11 is 6.04. The molecule has 0 aliphatic heterocycles. The standard InChI is InChI=1S/C17H12ClFN6/c1-9-8-10(2-3-11(9)19)15-16(12-6-7-21-17(20)22-12)25-14(23-15)5-4-13(18)24-25/h2-8H,1H3,(H2,20,21,22). The van der Waals surface area contributed by atoms with Crippen LogP contribution < -0.4 is 5.73 Å². The van der Waals surface area contributed by atoms with Gasteiger partial charge in [-0.1, -0.05) is 11.6 Å². The highest BCUT2D eigenvalue weighted by atomic mass is 35.5. The molecule has 3 heterocycles. The van der Waals surface area contributed by atoms with Gasteiger partial charge in [-0.3, -0.25) is 0 Å². The molecule has 0 spiro atoms. The summed E-state index contributed by atoms with van der Waals surface area (Å²) in [6, 6.07) is 9.92. The topological polar surface area (TPSA) is 82.0 Å². The van der Waals surface area contributed by atoms with E-state index in [1.807, 2.05) is 0 Å². The van der Waals surface area contributed by atoms with Gasteiger partial charge in [0.15, 0.2) is 5.65 Å². The van der Waals surface area contributed by atoms with E-state index in [0.717, 1.165) is 5.56 Å². The largest absolute Gasteiger partial charge is 0.368 e. The highest BCUT2D eigenvalue weighted by Crippen LogP contribution is 2.32. The third-order valence-electron chi connectivity index (χ3n) is 3.79. The van der Waals surface area contributed by atoms with Crippen molar-refractivity contribution >= 4 is 23.2 Å². The van der Waals surface area contributed by atoms with Crippen molar-refractivity contribution in [2.75, 3.05) is 5.73 Å². The number of halogens is 2. The molecule has 25 heavy (non-hydrogen) atoms. The third kappa shape index (κ3) is 2.68. The average Bonchev–Trinajstić information content (AvgIpc) is 2.96. The Morgan fingerprint density at radius 3 is 2.72 bits per heavy atom. The lowest BCUT2D eigenvalue weighted by Crippen LogP contribution is -2.00. The smallest absolute Gasteiger partial charge is 0.220 e. The number of fused-ring (bicyclic) bond motifs is 1. The van der Waals surface area contributed by atoms with Crippen molar-refractivity contribution in [1.29, 1.82) is 0 Å². The van der Waals surface area contributed by atoms with Gasteiger partial charge in [0, 0.05) is 11.8 Å². The first-order chi connectivity index (χ1) is 12.0. The molecule has 4 aromatic rings. The molecule has 0 amide bonds. The molecule has 0 atom stereocenters. The van der Waals surface area contributed by atoms with E-state index in [2.05, 4.69) is 20.1 Å². The highest BCUT2D eigenvalue weighted by molar-refractivity contribution is 6.29. The predicted molar refractivity (Wildman–Crippen MR) is 93.6 cm³/mol. The highest BCUT2D eigenvalue weighted by Gasteiger charge is 2.19. The summed E-state index contributed by atoms with van der Waals surface area (Å²) < 4.78 is 15.3. The maximum Gasteiger partial charge on any atom is 0.220 e. The molecule has 0 aliphatic carbocycles. The van der Waals surface area contributed by atoms with Crippen LogP contribution in [-0.4, -0.2) is 24.6 Å². The van der Waals surface area contributed by atoms with Gasteiger partial charge in [0.25, 0.3) is 0 Å². The minimum absolute atomic E-state index is 0.135. The second-order valence-electron chi connectivity index (χ2n) is 5.50. The lowest BCUT2D eigenvalue weighted by atomic mass is 10.1. The van der Waals surface area contributed by atoms with Crippen LogP contribution in [0.1, 0.15) is 5.56 Å². The summed E-state index contributed by atoms with van der Waals surface area (Å²) in [5, 5.41) is 4.63. The molecule has 1 aromatic carbocycles.